The van der Waals surface area contributed by atoms with E-state index >= 15 is 0 Å². The number of hydrogen-bond donors (Lipinski definition) is 0. The molecule has 1 aliphatic heterocycles. The Labute approximate surface area is 83.2 Å². The Bertz CT molecular complexity index is 416. The third-order valence-corrected chi connectivity index (χ3v) is 2.36. The fraction of sp³-hybridized carbons (Fsp3) is 0.250. The first-order chi connectivity index (χ1) is 6.66. The molecule has 1 aliphatic rings. The molecule has 0 N–H and O–H groups in total. The van der Waals surface area contributed by atoms with Crippen LogP contribution in [-0.4, -0.2) is 5.97 Å². The molecule has 1 aromatic carbocycles. The fourth-order valence-corrected chi connectivity index (χ4v) is 1.55. The molecule has 0 saturated carbocycles. The Kier molecular flexibility index (Phi) is 2.12. The highest BCUT2D eigenvalue weighted by atomic mass is 16.5. The Hall–Kier alpha value is -1.57. The number of allylic oxidation sites excluding steroid dienone is 1. The molecular formula is C12H12O2. The van der Waals surface area contributed by atoms with Gasteiger partial charge >= 0.3 is 5.97 Å². The van der Waals surface area contributed by atoms with Crippen LogP contribution in [0.15, 0.2) is 24.3 Å². The second kappa shape index (κ2) is 3.29. The average molecular weight is 188 g/mol. The average Bonchev–Trinajstić information content (AvgIpc) is 2.29. The van der Waals surface area contributed by atoms with Crippen molar-refractivity contribution >= 4 is 11.5 Å². The van der Waals surface area contributed by atoms with Crippen molar-refractivity contribution in [3.63, 3.8) is 0 Å². The lowest BCUT2D eigenvalue weighted by atomic mass is 10.0. The number of ether oxygens (including phenoxy) is 1. The van der Waals surface area contributed by atoms with Crippen LogP contribution in [-0.2, 0) is 4.79 Å². The van der Waals surface area contributed by atoms with Gasteiger partial charge in [-0.15, -0.1) is 0 Å². The van der Waals surface area contributed by atoms with Crippen LogP contribution in [0.5, 0.6) is 5.75 Å². The summed E-state index contributed by atoms with van der Waals surface area (Å²) >= 11 is 0. The van der Waals surface area contributed by atoms with Gasteiger partial charge in [-0.05, 0) is 31.6 Å². The summed E-state index contributed by atoms with van der Waals surface area (Å²) in [7, 11) is 0. The Morgan fingerprint density at radius 1 is 1.29 bits per heavy atom. The van der Waals surface area contributed by atoms with E-state index in [1.165, 1.54) is 5.56 Å². The first-order valence-electron chi connectivity index (χ1n) is 4.65. The minimum atomic E-state index is -0.188. The fourth-order valence-electron chi connectivity index (χ4n) is 1.55. The standard InChI is InChI=1S/C12H12O2/c1-8-3-5-11-10(7-8)9(2)4-6-12(13)14-11/h3-5,7H,6H2,1-2H3. The number of aryl methyl sites for hydroxylation is 1. The highest BCUT2D eigenvalue weighted by Gasteiger charge is 2.14. The molecule has 0 spiro atoms. The maximum atomic E-state index is 11.2. The summed E-state index contributed by atoms with van der Waals surface area (Å²) < 4.78 is 5.19. The lowest BCUT2D eigenvalue weighted by Gasteiger charge is -2.07. The van der Waals surface area contributed by atoms with Crippen LogP contribution in [0.2, 0.25) is 0 Å². The molecule has 1 heterocycles. The SMILES string of the molecule is CC1=CCC(=O)Oc2ccc(C)cc21. The lowest BCUT2D eigenvalue weighted by molar-refractivity contribution is -0.133. The van der Waals surface area contributed by atoms with Gasteiger partial charge in [-0.2, -0.15) is 0 Å². The number of hydrogen-bond acceptors (Lipinski definition) is 2. The zero-order valence-electron chi connectivity index (χ0n) is 8.33. The molecule has 0 aliphatic carbocycles. The van der Waals surface area contributed by atoms with Gasteiger partial charge in [0, 0.05) is 5.56 Å². The predicted molar refractivity (Wildman–Crippen MR) is 55.1 cm³/mol. The van der Waals surface area contributed by atoms with Crippen molar-refractivity contribution in [2.24, 2.45) is 0 Å². The number of rotatable bonds is 0. The zero-order chi connectivity index (χ0) is 10.1. The monoisotopic (exact) mass is 188 g/mol. The Morgan fingerprint density at radius 3 is 2.86 bits per heavy atom. The zero-order valence-corrected chi connectivity index (χ0v) is 8.33. The topological polar surface area (TPSA) is 26.3 Å². The smallest absolute Gasteiger partial charge is 0.315 e. The molecule has 2 heteroatoms. The van der Waals surface area contributed by atoms with Crippen LogP contribution in [0, 0.1) is 6.92 Å². The van der Waals surface area contributed by atoms with Crippen molar-refractivity contribution in [2.75, 3.05) is 0 Å². The maximum Gasteiger partial charge on any atom is 0.315 e. The summed E-state index contributed by atoms with van der Waals surface area (Å²) in [5.74, 6) is 0.485. The van der Waals surface area contributed by atoms with Gasteiger partial charge in [0.25, 0.3) is 0 Å². The molecule has 0 atom stereocenters. The van der Waals surface area contributed by atoms with Crippen molar-refractivity contribution in [3.05, 3.63) is 35.4 Å². The molecule has 0 aromatic heterocycles. The summed E-state index contributed by atoms with van der Waals surface area (Å²) in [5, 5.41) is 0. The molecule has 0 saturated heterocycles. The molecular weight excluding hydrogens is 176 g/mol. The van der Waals surface area contributed by atoms with E-state index in [-0.39, 0.29) is 5.97 Å². The number of fused-ring (bicyclic) bond motifs is 1. The summed E-state index contributed by atoms with van der Waals surface area (Å²) in [6.45, 7) is 4.03. The van der Waals surface area contributed by atoms with Crippen LogP contribution in [0.3, 0.4) is 0 Å². The van der Waals surface area contributed by atoms with Gasteiger partial charge in [0.15, 0.2) is 0 Å². The molecule has 0 unspecified atom stereocenters. The largest absolute Gasteiger partial charge is 0.426 e. The summed E-state index contributed by atoms with van der Waals surface area (Å²) in [6.07, 6.45) is 2.27. The number of esters is 1. The number of carbonyl (C=O) groups excluding carboxylic acids is 1. The number of carbonyl (C=O) groups is 1. The quantitative estimate of drug-likeness (QED) is 0.462. The van der Waals surface area contributed by atoms with Gasteiger partial charge in [-0.25, -0.2) is 0 Å². The molecule has 0 fully saturated rings. The normalized spacial score (nSPS) is 15.3. The van der Waals surface area contributed by atoms with E-state index in [9.17, 15) is 4.79 Å². The highest BCUT2D eigenvalue weighted by Crippen LogP contribution is 2.29. The molecule has 1 aromatic rings. The molecule has 72 valence electrons. The minimum Gasteiger partial charge on any atom is -0.426 e. The van der Waals surface area contributed by atoms with E-state index in [1.54, 1.807) is 0 Å². The molecule has 0 amide bonds. The van der Waals surface area contributed by atoms with E-state index in [0.717, 1.165) is 11.1 Å². The third-order valence-electron chi connectivity index (χ3n) is 2.36. The molecule has 0 bridgehead atoms. The van der Waals surface area contributed by atoms with Gasteiger partial charge < -0.3 is 4.74 Å². The van der Waals surface area contributed by atoms with E-state index in [1.807, 2.05) is 38.1 Å². The van der Waals surface area contributed by atoms with Crippen molar-refractivity contribution in [2.45, 2.75) is 20.3 Å². The predicted octanol–water partition coefficient (Wildman–Crippen LogP) is 2.71. The minimum absolute atomic E-state index is 0.188. The van der Waals surface area contributed by atoms with E-state index < -0.39 is 0 Å². The molecule has 2 rings (SSSR count). The van der Waals surface area contributed by atoms with Gasteiger partial charge in [-0.1, -0.05) is 17.7 Å². The van der Waals surface area contributed by atoms with E-state index in [2.05, 4.69) is 0 Å². The van der Waals surface area contributed by atoms with Crippen molar-refractivity contribution in [3.8, 4) is 5.75 Å². The highest BCUT2D eigenvalue weighted by molar-refractivity contribution is 5.82. The van der Waals surface area contributed by atoms with Gasteiger partial charge in [0.05, 0.1) is 6.42 Å². The first kappa shape index (κ1) is 9.00. The first-order valence-corrected chi connectivity index (χ1v) is 4.65. The van der Waals surface area contributed by atoms with Crippen LogP contribution in [0.1, 0.15) is 24.5 Å². The van der Waals surface area contributed by atoms with Crippen LogP contribution < -0.4 is 4.74 Å². The lowest BCUT2D eigenvalue weighted by Crippen LogP contribution is -2.05. The second-order valence-electron chi connectivity index (χ2n) is 3.56. The second-order valence-corrected chi connectivity index (χ2v) is 3.56. The van der Waals surface area contributed by atoms with Crippen molar-refractivity contribution < 1.29 is 9.53 Å². The summed E-state index contributed by atoms with van der Waals surface area (Å²) in [5.41, 5.74) is 3.31. The van der Waals surface area contributed by atoms with Crippen molar-refractivity contribution in [1.29, 1.82) is 0 Å². The third kappa shape index (κ3) is 1.55. The Balaban J connectivity index is 2.57. The molecule has 14 heavy (non-hydrogen) atoms. The van der Waals surface area contributed by atoms with Crippen molar-refractivity contribution in [1.82, 2.24) is 0 Å². The van der Waals surface area contributed by atoms with Gasteiger partial charge in [-0.3, -0.25) is 4.79 Å². The molecule has 2 nitrogen and oxygen atoms in total. The summed E-state index contributed by atoms with van der Waals surface area (Å²) in [6, 6.07) is 5.84. The van der Waals surface area contributed by atoms with Gasteiger partial charge in [0.1, 0.15) is 5.75 Å². The maximum absolute atomic E-state index is 11.2. The van der Waals surface area contributed by atoms with Crippen LogP contribution in [0.25, 0.3) is 5.57 Å². The summed E-state index contributed by atoms with van der Waals surface area (Å²) in [4.78, 5) is 11.2. The molecule has 0 radical (unpaired) electrons. The van der Waals surface area contributed by atoms with Crippen LogP contribution >= 0.6 is 0 Å². The Morgan fingerprint density at radius 2 is 2.07 bits per heavy atom. The van der Waals surface area contributed by atoms with E-state index in [0.29, 0.717) is 12.2 Å². The number of benzene rings is 1. The van der Waals surface area contributed by atoms with Crippen LogP contribution in [0.4, 0.5) is 0 Å². The van der Waals surface area contributed by atoms with Gasteiger partial charge in [0.2, 0.25) is 0 Å². The van der Waals surface area contributed by atoms with E-state index in [4.69, 9.17) is 4.74 Å².